The molecule has 0 aromatic carbocycles. The predicted octanol–water partition coefficient (Wildman–Crippen LogP) is 2.72. The predicted molar refractivity (Wildman–Crippen MR) is 51.5 cm³/mol. The summed E-state index contributed by atoms with van der Waals surface area (Å²) in [6, 6.07) is 0. The van der Waals surface area contributed by atoms with Gasteiger partial charge in [0.15, 0.2) is 0 Å². The van der Waals surface area contributed by atoms with Crippen molar-refractivity contribution in [2.75, 3.05) is 6.54 Å². The highest BCUT2D eigenvalue weighted by atomic mass is 14.5. The summed E-state index contributed by atoms with van der Waals surface area (Å²) in [6.45, 7) is 7.49. The van der Waals surface area contributed by atoms with Gasteiger partial charge in [0.1, 0.15) is 0 Å². The van der Waals surface area contributed by atoms with Gasteiger partial charge in [-0.1, -0.05) is 38.8 Å². The van der Waals surface area contributed by atoms with Crippen LogP contribution < -0.4 is 5.73 Å². The fourth-order valence-corrected chi connectivity index (χ4v) is 1.18. The summed E-state index contributed by atoms with van der Waals surface area (Å²) in [5.74, 6) is 0.696. The zero-order chi connectivity index (χ0) is 8.69. The van der Waals surface area contributed by atoms with Crippen LogP contribution in [-0.4, -0.2) is 6.54 Å². The minimum Gasteiger partial charge on any atom is -0.330 e. The Bertz CT molecular complexity index is 114. The minimum atomic E-state index is 0.696. The molecule has 66 valence electrons. The van der Waals surface area contributed by atoms with Crippen LogP contribution >= 0.6 is 0 Å². The molecule has 0 heterocycles. The molecule has 0 aliphatic carbocycles. The van der Waals surface area contributed by atoms with Crippen molar-refractivity contribution in [2.45, 2.75) is 40.0 Å². The molecule has 2 N–H and O–H groups in total. The smallest absolute Gasteiger partial charge is 0.00425 e. The van der Waals surface area contributed by atoms with Gasteiger partial charge < -0.3 is 5.73 Å². The summed E-state index contributed by atoms with van der Waals surface area (Å²) < 4.78 is 0. The van der Waals surface area contributed by atoms with Gasteiger partial charge in [0.2, 0.25) is 0 Å². The van der Waals surface area contributed by atoms with Crippen molar-refractivity contribution in [3.8, 4) is 0 Å². The maximum Gasteiger partial charge on any atom is -0.00425 e. The van der Waals surface area contributed by atoms with Crippen LogP contribution in [0.2, 0.25) is 0 Å². The van der Waals surface area contributed by atoms with E-state index in [0.717, 1.165) is 13.0 Å². The van der Waals surface area contributed by atoms with Crippen LogP contribution in [0.25, 0.3) is 0 Å². The molecule has 1 heteroatoms. The second-order valence-electron chi connectivity index (χ2n) is 3.26. The quantitative estimate of drug-likeness (QED) is 0.607. The molecule has 0 atom stereocenters. The minimum absolute atomic E-state index is 0.696. The van der Waals surface area contributed by atoms with Gasteiger partial charge in [0.25, 0.3) is 0 Å². The van der Waals surface area contributed by atoms with E-state index in [-0.39, 0.29) is 0 Å². The number of hydrogen-bond donors (Lipinski definition) is 1. The molecule has 0 spiro atoms. The van der Waals surface area contributed by atoms with Crippen LogP contribution in [0.1, 0.15) is 40.0 Å². The fourth-order valence-electron chi connectivity index (χ4n) is 1.18. The molecule has 0 rings (SSSR count). The molecule has 0 fully saturated rings. The first-order valence-electron chi connectivity index (χ1n) is 4.61. The Kier molecular flexibility index (Phi) is 6.24. The number of rotatable bonds is 5. The van der Waals surface area contributed by atoms with Crippen LogP contribution in [0.15, 0.2) is 11.6 Å². The Hall–Kier alpha value is -0.300. The SMILES string of the molecule is CCC/C(=C\CCN)C(C)C. The van der Waals surface area contributed by atoms with Gasteiger partial charge in [-0.05, 0) is 25.3 Å². The Morgan fingerprint density at radius 3 is 2.45 bits per heavy atom. The van der Waals surface area contributed by atoms with Gasteiger partial charge in [0.05, 0.1) is 0 Å². The Morgan fingerprint density at radius 1 is 1.45 bits per heavy atom. The zero-order valence-electron chi connectivity index (χ0n) is 8.06. The zero-order valence-corrected chi connectivity index (χ0v) is 8.06. The van der Waals surface area contributed by atoms with Crippen LogP contribution in [0.5, 0.6) is 0 Å². The van der Waals surface area contributed by atoms with E-state index < -0.39 is 0 Å². The summed E-state index contributed by atoms with van der Waals surface area (Å²) in [5.41, 5.74) is 7.00. The van der Waals surface area contributed by atoms with E-state index >= 15 is 0 Å². The average Bonchev–Trinajstić information content (AvgIpc) is 1.97. The van der Waals surface area contributed by atoms with Crippen molar-refractivity contribution in [1.29, 1.82) is 0 Å². The number of nitrogens with two attached hydrogens (primary N) is 1. The largest absolute Gasteiger partial charge is 0.330 e. The summed E-state index contributed by atoms with van der Waals surface area (Å²) >= 11 is 0. The molecule has 11 heavy (non-hydrogen) atoms. The monoisotopic (exact) mass is 155 g/mol. The van der Waals surface area contributed by atoms with Gasteiger partial charge in [-0.3, -0.25) is 0 Å². The van der Waals surface area contributed by atoms with Crippen LogP contribution in [-0.2, 0) is 0 Å². The highest BCUT2D eigenvalue weighted by Crippen LogP contribution is 2.15. The molecule has 0 aromatic heterocycles. The second kappa shape index (κ2) is 6.41. The molecule has 0 aromatic rings. The van der Waals surface area contributed by atoms with Crippen LogP contribution in [0, 0.1) is 5.92 Å². The lowest BCUT2D eigenvalue weighted by atomic mass is 9.98. The van der Waals surface area contributed by atoms with Crippen molar-refractivity contribution in [3.63, 3.8) is 0 Å². The lowest BCUT2D eigenvalue weighted by Crippen LogP contribution is -1.99. The molecule has 0 bridgehead atoms. The Balaban J connectivity index is 3.86. The topological polar surface area (TPSA) is 26.0 Å². The standard InChI is InChI=1S/C10H21N/c1-4-6-10(9(2)3)7-5-8-11/h7,9H,4-6,8,11H2,1-3H3/b10-7+. The molecule has 0 radical (unpaired) electrons. The highest BCUT2D eigenvalue weighted by molar-refractivity contribution is 5.04. The van der Waals surface area contributed by atoms with E-state index in [1.807, 2.05) is 0 Å². The third-order valence-electron chi connectivity index (χ3n) is 1.85. The van der Waals surface area contributed by atoms with Gasteiger partial charge in [0, 0.05) is 0 Å². The first kappa shape index (κ1) is 10.7. The molecule has 1 nitrogen and oxygen atoms in total. The lowest BCUT2D eigenvalue weighted by molar-refractivity contribution is 0.694. The normalized spacial score (nSPS) is 12.6. The molecule has 0 saturated carbocycles. The molecule has 0 aliphatic rings. The Labute approximate surface area is 70.7 Å². The number of allylic oxidation sites excluding steroid dienone is 1. The molecule has 0 aliphatic heterocycles. The summed E-state index contributed by atoms with van der Waals surface area (Å²) in [7, 11) is 0. The van der Waals surface area contributed by atoms with E-state index in [9.17, 15) is 0 Å². The van der Waals surface area contributed by atoms with Gasteiger partial charge in [-0.2, -0.15) is 0 Å². The van der Waals surface area contributed by atoms with Crippen molar-refractivity contribution in [1.82, 2.24) is 0 Å². The van der Waals surface area contributed by atoms with E-state index in [4.69, 9.17) is 5.73 Å². The van der Waals surface area contributed by atoms with Crippen molar-refractivity contribution < 1.29 is 0 Å². The average molecular weight is 155 g/mol. The third-order valence-corrected chi connectivity index (χ3v) is 1.85. The number of hydrogen-bond acceptors (Lipinski definition) is 1. The third kappa shape index (κ3) is 5.02. The summed E-state index contributed by atoms with van der Waals surface area (Å²) in [4.78, 5) is 0. The van der Waals surface area contributed by atoms with E-state index in [1.54, 1.807) is 5.57 Å². The van der Waals surface area contributed by atoms with Crippen LogP contribution in [0.3, 0.4) is 0 Å². The molecule has 0 unspecified atom stereocenters. The van der Waals surface area contributed by atoms with Gasteiger partial charge >= 0.3 is 0 Å². The van der Waals surface area contributed by atoms with Crippen LogP contribution in [0.4, 0.5) is 0 Å². The molecular formula is C10H21N. The van der Waals surface area contributed by atoms with Crippen molar-refractivity contribution in [3.05, 3.63) is 11.6 Å². The summed E-state index contributed by atoms with van der Waals surface area (Å²) in [6.07, 6.45) is 5.81. The first-order chi connectivity index (χ1) is 5.22. The maximum absolute atomic E-state index is 5.43. The van der Waals surface area contributed by atoms with Crippen molar-refractivity contribution in [2.24, 2.45) is 11.7 Å². The van der Waals surface area contributed by atoms with Gasteiger partial charge in [-0.25, -0.2) is 0 Å². The van der Waals surface area contributed by atoms with E-state index in [1.165, 1.54) is 12.8 Å². The highest BCUT2D eigenvalue weighted by Gasteiger charge is 1.99. The summed E-state index contributed by atoms with van der Waals surface area (Å²) in [5, 5.41) is 0. The molecular weight excluding hydrogens is 134 g/mol. The van der Waals surface area contributed by atoms with E-state index in [2.05, 4.69) is 26.8 Å². The van der Waals surface area contributed by atoms with E-state index in [0.29, 0.717) is 5.92 Å². The second-order valence-corrected chi connectivity index (χ2v) is 3.26. The lowest BCUT2D eigenvalue weighted by Gasteiger charge is -2.09. The molecule has 0 saturated heterocycles. The van der Waals surface area contributed by atoms with Gasteiger partial charge in [-0.15, -0.1) is 0 Å². The first-order valence-corrected chi connectivity index (χ1v) is 4.61. The maximum atomic E-state index is 5.43. The Morgan fingerprint density at radius 2 is 2.09 bits per heavy atom. The van der Waals surface area contributed by atoms with Crippen molar-refractivity contribution >= 4 is 0 Å². The fraction of sp³-hybridized carbons (Fsp3) is 0.800. The molecule has 0 amide bonds.